The van der Waals surface area contributed by atoms with Crippen LogP contribution in [0.25, 0.3) is 11.3 Å². The molecule has 0 spiro atoms. The molecule has 100 valence electrons. The van der Waals surface area contributed by atoms with Gasteiger partial charge in [-0.2, -0.15) is 5.10 Å². The monoisotopic (exact) mass is 276 g/mol. The summed E-state index contributed by atoms with van der Waals surface area (Å²) in [5.41, 5.74) is 8.64. The summed E-state index contributed by atoms with van der Waals surface area (Å²) in [7, 11) is 0. The molecule has 0 bridgehead atoms. The van der Waals surface area contributed by atoms with Gasteiger partial charge in [-0.05, 0) is 31.4 Å². The largest absolute Gasteiger partial charge is 0.382 e. The average Bonchev–Trinajstić information content (AvgIpc) is 2.86. The van der Waals surface area contributed by atoms with Gasteiger partial charge in [-0.15, -0.1) is 0 Å². The van der Waals surface area contributed by atoms with Gasteiger partial charge in [0.2, 0.25) is 0 Å². The summed E-state index contributed by atoms with van der Waals surface area (Å²) in [6, 6.07) is 7.92. The molecule has 3 N–H and O–H groups in total. The zero-order valence-corrected chi connectivity index (χ0v) is 11.5. The van der Waals surface area contributed by atoms with Crippen molar-refractivity contribution in [3.63, 3.8) is 0 Å². The number of nitrogens with zero attached hydrogens (tertiary/aromatic N) is 2. The lowest BCUT2D eigenvalue weighted by Crippen LogP contribution is -2.29. The summed E-state index contributed by atoms with van der Waals surface area (Å²) in [4.78, 5) is 2.36. The van der Waals surface area contributed by atoms with Crippen LogP contribution in [0.1, 0.15) is 19.3 Å². The Kier molecular flexibility index (Phi) is 3.34. The van der Waals surface area contributed by atoms with E-state index >= 15 is 0 Å². The Labute approximate surface area is 117 Å². The Hall–Kier alpha value is -1.68. The van der Waals surface area contributed by atoms with Crippen molar-refractivity contribution < 1.29 is 0 Å². The summed E-state index contributed by atoms with van der Waals surface area (Å²) in [5.74, 6) is 0.492. The number of hydrogen-bond acceptors (Lipinski definition) is 3. The summed E-state index contributed by atoms with van der Waals surface area (Å²) in [6.07, 6.45) is 3.81. The van der Waals surface area contributed by atoms with Crippen molar-refractivity contribution >= 4 is 23.1 Å². The maximum Gasteiger partial charge on any atom is 0.145 e. The van der Waals surface area contributed by atoms with Crippen LogP contribution in [0, 0.1) is 0 Å². The highest BCUT2D eigenvalue weighted by Gasteiger charge is 2.14. The molecule has 2 aromatic rings. The first-order valence-corrected chi connectivity index (χ1v) is 6.97. The van der Waals surface area contributed by atoms with Crippen LogP contribution in [-0.4, -0.2) is 23.3 Å². The van der Waals surface area contributed by atoms with Crippen LogP contribution < -0.4 is 10.6 Å². The van der Waals surface area contributed by atoms with E-state index < -0.39 is 0 Å². The van der Waals surface area contributed by atoms with E-state index in [-0.39, 0.29) is 0 Å². The maximum absolute atomic E-state index is 6.41. The van der Waals surface area contributed by atoms with Gasteiger partial charge in [0.25, 0.3) is 0 Å². The third kappa shape index (κ3) is 2.54. The highest BCUT2D eigenvalue weighted by atomic mass is 35.5. The minimum atomic E-state index is 0.492. The molecule has 1 aromatic heterocycles. The van der Waals surface area contributed by atoms with Gasteiger partial charge < -0.3 is 10.6 Å². The highest BCUT2D eigenvalue weighted by molar-refractivity contribution is 6.33. The molecule has 1 aromatic carbocycles. The SMILES string of the molecule is Nc1cc(-c2ccc(N3CCCCC3)c(Cl)c2)[nH]n1. The number of nitrogens with two attached hydrogens (primary N) is 1. The molecule has 5 heteroatoms. The molecule has 1 aliphatic rings. The Morgan fingerprint density at radius 2 is 1.95 bits per heavy atom. The number of halogens is 1. The van der Waals surface area contributed by atoms with Crippen molar-refractivity contribution in [3.8, 4) is 11.3 Å². The molecule has 1 aliphatic heterocycles. The van der Waals surface area contributed by atoms with Gasteiger partial charge >= 0.3 is 0 Å². The Balaban J connectivity index is 1.89. The van der Waals surface area contributed by atoms with E-state index in [0.29, 0.717) is 5.82 Å². The molecule has 4 nitrogen and oxygen atoms in total. The van der Waals surface area contributed by atoms with E-state index in [1.807, 2.05) is 12.1 Å². The first-order valence-electron chi connectivity index (χ1n) is 6.60. The Morgan fingerprint density at radius 3 is 2.58 bits per heavy atom. The lowest BCUT2D eigenvalue weighted by atomic mass is 10.1. The lowest BCUT2D eigenvalue weighted by molar-refractivity contribution is 0.578. The number of nitrogen functional groups attached to an aromatic ring is 1. The van der Waals surface area contributed by atoms with Crippen LogP contribution in [0.5, 0.6) is 0 Å². The molecule has 0 aliphatic carbocycles. The molecule has 3 rings (SSSR count). The number of aromatic nitrogens is 2. The van der Waals surface area contributed by atoms with E-state index in [0.717, 1.165) is 35.1 Å². The number of anilines is 2. The number of hydrogen-bond donors (Lipinski definition) is 2. The van der Waals surface area contributed by atoms with E-state index in [4.69, 9.17) is 17.3 Å². The summed E-state index contributed by atoms with van der Waals surface area (Å²) in [6.45, 7) is 2.19. The summed E-state index contributed by atoms with van der Waals surface area (Å²) in [5, 5.41) is 7.62. The number of benzene rings is 1. The van der Waals surface area contributed by atoms with E-state index in [1.165, 1.54) is 19.3 Å². The highest BCUT2D eigenvalue weighted by Crippen LogP contribution is 2.32. The predicted molar refractivity (Wildman–Crippen MR) is 79.5 cm³/mol. The maximum atomic E-state index is 6.41. The van der Waals surface area contributed by atoms with E-state index in [1.54, 1.807) is 0 Å². The normalized spacial score (nSPS) is 15.7. The second kappa shape index (κ2) is 5.13. The number of nitrogens with one attached hydrogen (secondary N) is 1. The quantitative estimate of drug-likeness (QED) is 0.885. The molecule has 1 saturated heterocycles. The molecule has 0 atom stereocenters. The number of piperidine rings is 1. The van der Waals surface area contributed by atoms with Crippen LogP contribution in [-0.2, 0) is 0 Å². The fourth-order valence-corrected chi connectivity index (χ4v) is 2.85. The van der Waals surface area contributed by atoms with Crippen LogP contribution in [0.15, 0.2) is 24.3 Å². The number of H-pyrrole nitrogens is 1. The minimum Gasteiger partial charge on any atom is -0.382 e. The van der Waals surface area contributed by atoms with Gasteiger partial charge in [-0.25, -0.2) is 0 Å². The van der Waals surface area contributed by atoms with Crippen molar-refractivity contribution in [3.05, 3.63) is 29.3 Å². The molecule has 19 heavy (non-hydrogen) atoms. The second-order valence-corrected chi connectivity index (χ2v) is 5.33. The fourth-order valence-electron chi connectivity index (χ4n) is 2.55. The van der Waals surface area contributed by atoms with E-state index in [2.05, 4.69) is 27.2 Å². The standard InChI is InChI=1S/C14H17ClN4/c15-11-8-10(12-9-14(16)18-17-12)4-5-13(11)19-6-2-1-3-7-19/h4-5,8-9H,1-3,6-7H2,(H3,16,17,18). The van der Waals surface area contributed by atoms with E-state index in [9.17, 15) is 0 Å². The molecule has 0 radical (unpaired) electrons. The first-order chi connectivity index (χ1) is 9.24. The minimum absolute atomic E-state index is 0.492. The van der Waals surface area contributed by atoms with Crippen molar-refractivity contribution in [2.75, 3.05) is 23.7 Å². The van der Waals surface area contributed by atoms with Crippen molar-refractivity contribution in [1.29, 1.82) is 0 Å². The van der Waals surface area contributed by atoms with Gasteiger partial charge in [-0.3, -0.25) is 5.10 Å². The second-order valence-electron chi connectivity index (χ2n) is 4.92. The van der Waals surface area contributed by atoms with Gasteiger partial charge in [0.15, 0.2) is 0 Å². The molecular weight excluding hydrogens is 260 g/mol. The van der Waals surface area contributed by atoms with Gasteiger partial charge in [0.05, 0.1) is 16.4 Å². The van der Waals surface area contributed by atoms with Gasteiger partial charge in [-0.1, -0.05) is 17.7 Å². The zero-order chi connectivity index (χ0) is 13.2. The number of rotatable bonds is 2. The van der Waals surface area contributed by atoms with Gasteiger partial charge in [0, 0.05) is 24.7 Å². The average molecular weight is 277 g/mol. The number of aromatic amines is 1. The summed E-state index contributed by atoms with van der Waals surface area (Å²) < 4.78 is 0. The first kappa shape index (κ1) is 12.4. The molecule has 0 unspecified atom stereocenters. The van der Waals surface area contributed by atoms with Gasteiger partial charge in [0.1, 0.15) is 5.82 Å². The van der Waals surface area contributed by atoms with Crippen molar-refractivity contribution in [2.24, 2.45) is 0 Å². The zero-order valence-electron chi connectivity index (χ0n) is 10.7. The molecule has 0 saturated carbocycles. The lowest BCUT2D eigenvalue weighted by Gasteiger charge is -2.29. The predicted octanol–water partition coefficient (Wildman–Crippen LogP) is 3.30. The molecule has 0 amide bonds. The Morgan fingerprint density at radius 1 is 1.16 bits per heavy atom. The van der Waals surface area contributed by atoms with Crippen LogP contribution >= 0.6 is 11.6 Å². The third-order valence-electron chi connectivity index (χ3n) is 3.55. The van der Waals surface area contributed by atoms with Crippen molar-refractivity contribution in [2.45, 2.75) is 19.3 Å². The fraction of sp³-hybridized carbons (Fsp3) is 0.357. The molecule has 1 fully saturated rings. The molecule has 2 heterocycles. The van der Waals surface area contributed by atoms with Crippen LogP contribution in [0.2, 0.25) is 5.02 Å². The molecular formula is C14H17ClN4. The summed E-state index contributed by atoms with van der Waals surface area (Å²) >= 11 is 6.41. The van der Waals surface area contributed by atoms with Crippen molar-refractivity contribution in [1.82, 2.24) is 10.2 Å². The third-order valence-corrected chi connectivity index (χ3v) is 3.86. The van der Waals surface area contributed by atoms with Crippen LogP contribution in [0.4, 0.5) is 11.5 Å². The smallest absolute Gasteiger partial charge is 0.145 e. The Bertz CT molecular complexity index is 573. The topological polar surface area (TPSA) is 57.9 Å². The van der Waals surface area contributed by atoms with Crippen LogP contribution in [0.3, 0.4) is 0 Å².